The van der Waals surface area contributed by atoms with Crippen molar-refractivity contribution in [3.8, 4) is 22.6 Å². The van der Waals surface area contributed by atoms with Crippen molar-refractivity contribution in [2.45, 2.75) is 6.92 Å². The molecule has 2 amide bonds. The molecule has 9 heteroatoms. The van der Waals surface area contributed by atoms with E-state index in [0.29, 0.717) is 33.6 Å². The highest BCUT2D eigenvalue weighted by molar-refractivity contribution is 6.31. The maximum atomic E-state index is 12.5. The molecule has 5 rings (SSSR count). The zero-order valence-corrected chi connectivity index (χ0v) is 18.3. The van der Waals surface area contributed by atoms with Crippen LogP contribution in [0.5, 0.6) is 0 Å². The molecule has 5 aromatic rings. The highest BCUT2D eigenvalue weighted by Gasteiger charge is 2.12. The molecular formula is C24H18ClN7O. The van der Waals surface area contributed by atoms with E-state index < -0.39 is 0 Å². The molecule has 0 aliphatic rings. The topological polar surface area (TPSA) is 97.1 Å². The number of nitrogens with one attached hydrogen (secondary N) is 2. The molecule has 0 aliphatic carbocycles. The van der Waals surface area contributed by atoms with Gasteiger partial charge in [0.15, 0.2) is 11.5 Å². The number of carbonyl (C=O) groups is 1. The Morgan fingerprint density at radius 1 is 0.909 bits per heavy atom. The molecular weight excluding hydrogens is 438 g/mol. The molecule has 0 spiro atoms. The molecule has 0 fully saturated rings. The summed E-state index contributed by atoms with van der Waals surface area (Å²) in [5.41, 5.74) is 5.25. The fraction of sp³-hybridized carbons (Fsp3) is 0.0417. The summed E-state index contributed by atoms with van der Waals surface area (Å²) in [5.74, 6) is 0.625. The second-order valence-corrected chi connectivity index (χ2v) is 7.80. The number of urea groups is 1. The number of hydrogen-bond donors (Lipinski definition) is 2. The van der Waals surface area contributed by atoms with Gasteiger partial charge >= 0.3 is 6.03 Å². The van der Waals surface area contributed by atoms with Gasteiger partial charge in [-0.3, -0.25) is 4.98 Å². The minimum atomic E-state index is -0.361. The number of rotatable bonds is 4. The van der Waals surface area contributed by atoms with Crippen molar-refractivity contribution in [2.24, 2.45) is 0 Å². The van der Waals surface area contributed by atoms with Gasteiger partial charge in [0.1, 0.15) is 0 Å². The Balaban J connectivity index is 1.41. The third-order valence-corrected chi connectivity index (χ3v) is 5.30. The van der Waals surface area contributed by atoms with E-state index in [2.05, 4.69) is 25.8 Å². The number of carbonyl (C=O) groups excluding carboxylic acids is 1. The zero-order valence-electron chi connectivity index (χ0n) is 17.5. The van der Waals surface area contributed by atoms with E-state index in [4.69, 9.17) is 16.7 Å². The van der Waals surface area contributed by atoms with E-state index in [1.807, 2.05) is 61.5 Å². The van der Waals surface area contributed by atoms with Crippen molar-refractivity contribution in [2.75, 3.05) is 10.6 Å². The number of fused-ring (bicyclic) bond motifs is 1. The normalized spacial score (nSPS) is 10.8. The summed E-state index contributed by atoms with van der Waals surface area (Å²) in [6, 6.07) is 19.9. The first kappa shape index (κ1) is 20.6. The Bertz CT molecular complexity index is 1470. The predicted molar refractivity (Wildman–Crippen MR) is 128 cm³/mol. The van der Waals surface area contributed by atoms with E-state index in [1.54, 1.807) is 29.0 Å². The average molecular weight is 456 g/mol. The molecule has 2 N–H and O–H groups in total. The lowest BCUT2D eigenvalue weighted by Crippen LogP contribution is -2.20. The zero-order chi connectivity index (χ0) is 22.8. The number of halogens is 1. The van der Waals surface area contributed by atoms with Crippen molar-refractivity contribution in [3.63, 3.8) is 0 Å². The van der Waals surface area contributed by atoms with Crippen LogP contribution in [0.15, 0.2) is 79.1 Å². The molecule has 3 heterocycles. The number of amides is 2. The summed E-state index contributed by atoms with van der Waals surface area (Å²) >= 11 is 6.04. The molecule has 0 atom stereocenters. The Kier molecular flexibility index (Phi) is 5.42. The largest absolute Gasteiger partial charge is 0.323 e. The van der Waals surface area contributed by atoms with Crippen molar-refractivity contribution in [1.82, 2.24) is 24.8 Å². The van der Waals surface area contributed by atoms with Crippen LogP contribution in [-0.4, -0.2) is 30.8 Å². The quantitative estimate of drug-likeness (QED) is 0.375. The molecule has 33 heavy (non-hydrogen) atoms. The number of benzene rings is 2. The lowest BCUT2D eigenvalue weighted by molar-refractivity contribution is 0.262. The third-order valence-electron chi connectivity index (χ3n) is 5.07. The number of aromatic nitrogens is 5. The highest BCUT2D eigenvalue weighted by Crippen LogP contribution is 2.24. The van der Waals surface area contributed by atoms with E-state index in [1.165, 1.54) is 0 Å². The van der Waals surface area contributed by atoms with E-state index >= 15 is 0 Å². The average Bonchev–Trinajstić information content (AvgIpc) is 3.25. The van der Waals surface area contributed by atoms with Crippen LogP contribution in [-0.2, 0) is 0 Å². The van der Waals surface area contributed by atoms with Gasteiger partial charge in [-0.1, -0.05) is 29.8 Å². The monoisotopic (exact) mass is 455 g/mol. The van der Waals surface area contributed by atoms with Gasteiger partial charge in [-0.25, -0.2) is 4.79 Å². The molecule has 2 aromatic carbocycles. The summed E-state index contributed by atoms with van der Waals surface area (Å²) in [4.78, 5) is 16.6. The highest BCUT2D eigenvalue weighted by atomic mass is 35.5. The SMILES string of the molecule is Cc1ccc(Cl)cc1NC(=O)Nc1cccc(-c2ccc3nnc(-c4ccncc4)n3n2)c1. The molecule has 0 saturated carbocycles. The molecule has 3 aromatic heterocycles. The molecule has 8 nitrogen and oxygen atoms in total. The minimum absolute atomic E-state index is 0.361. The lowest BCUT2D eigenvalue weighted by atomic mass is 10.1. The number of hydrogen-bond acceptors (Lipinski definition) is 5. The Labute approximate surface area is 194 Å². The smallest absolute Gasteiger partial charge is 0.308 e. The van der Waals surface area contributed by atoms with E-state index in [0.717, 1.165) is 16.7 Å². The maximum Gasteiger partial charge on any atom is 0.323 e. The molecule has 0 radical (unpaired) electrons. The lowest BCUT2D eigenvalue weighted by Gasteiger charge is -2.11. The minimum Gasteiger partial charge on any atom is -0.308 e. The van der Waals surface area contributed by atoms with Gasteiger partial charge in [-0.2, -0.15) is 9.61 Å². The van der Waals surface area contributed by atoms with Gasteiger partial charge in [0.25, 0.3) is 0 Å². The van der Waals surface area contributed by atoms with Gasteiger partial charge in [0, 0.05) is 39.9 Å². The molecule has 0 saturated heterocycles. The molecule has 0 unspecified atom stereocenters. The number of anilines is 2. The molecule has 0 aliphatic heterocycles. The molecule has 162 valence electrons. The van der Waals surface area contributed by atoms with Crippen LogP contribution < -0.4 is 10.6 Å². The standard InChI is InChI=1S/C24H18ClN7O/c1-15-5-6-18(25)14-21(15)28-24(33)27-19-4-2-3-17(13-19)20-7-8-22-29-30-23(32(22)31-20)16-9-11-26-12-10-16/h2-14H,1H3,(H2,27,28,33). The fourth-order valence-corrected chi connectivity index (χ4v) is 3.57. The number of pyridine rings is 1. The van der Waals surface area contributed by atoms with Crippen molar-refractivity contribution in [3.05, 3.63) is 89.7 Å². The first-order valence-electron chi connectivity index (χ1n) is 10.1. The van der Waals surface area contributed by atoms with Crippen LogP contribution >= 0.6 is 11.6 Å². The summed E-state index contributed by atoms with van der Waals surface area (Å²) in [6.45, 7) is 1.90. The third kappa shape index (κ3) is 4.37. The molecule has 0 bridgehead atoms. The predicted octanol–water partition coefficient (Wildman–Crippen LogP) is 5.46. The summed E-state index contributed by atoms with van der Waals surface area (Å²) in [6.07, 6.45) is 3.40. The fourth-order valence-electron chi connectivity index (χ4n) is 3.39. The van der Waals surface area contributed by atoms with E-state index in [-0.39, 0.29) is 6.03 Å². The first-order chi connectivity index (χ1) is 16.1. The summed E-state index contributed by atoms with van der Waals surface area (Å²) < 4.78 is 1.69. The summed E-state index contributed by atoms with van der Waals surface area (Å²) in [5, 5.41) is 19.4. The number of aryl methyl sites for hydroxylation is 1. The van der Waals surface area contributed by atoms with Crippen LogP contribution in [0.25, 0.3) is 28.3 Å². The van der Waals surface area contributed by atoms with Gasteiger partial charge in [0.2, 0.25) is 0 Å². The van der Waals surface area contributed by atoms with Crippen molar-refractivity contribution in [1.29, 1.82) is 0 Å². The Hall–Kier alpha value is -4.30. The van der Waals surface area contributed by atoms with Crippen molar-refractivity contribution >= 4 is 34.7 Å². The van der Waals surface area contributed by atoms with Crippen molar-refractivity contribution < 1.29 is 4.79 Å². The van der Waals surface area contributed by atoms with Crippen LogP contribution in [0.1, 0.15) is 5.56 Å². The number of nitrogens with zero attached hydrogens (tertiary/aromatic N) is 5. The van der Waals surface area contributed by atoms with Crippen LogP contribution in [0, 0.1) is 6.92 Å². The first-order valence-corrected chi connectivity index (χ1v) is 10.5. The van der Waals surface area contributed by atoms with Crippen LogP contribution in [0.4, 0.5) is 16.2 Å². The van der Waals surface area contributed by atoms with Gasteiger partial charge in [-0.05, 0) is 61.0 Å². The van der Waals surface area contributed by atoms with Gasteiger partial charge in [-0.15, -0.1) is 10.2 Å². The Morgan fingerprint density at radius 3 is 2.61 bits per heavy atom. The summed E-state index contributed by atoms with van der Waals surface area (Å²) in [7, 11) is 0. The second kappa shape index (κ2) is 8.68. The van der Waals surface area contributed by atoms with Crippen LogP contribution in [0.3, 0.4) is 0 Å². The van der Waals surface area contributed by atoms with Gasteiger partial charge < -0.3 is 10.6 Å². The van der Waals surface area contributed by atoms with Gasteiger partial charge in [0.05, 0.1) is 5.69 Å². The van der Waals surface area contributed by atoms with Crippen LogP contribution in [0.2, 0.25) is 5.02 Å². The maximum absolute atomic E-state index is 12.5. The van der Waals surface area contributed by atoms with E-state index in [9.17, 15) is 4.79 Å². The Morgan fingerprint density at radius 2 is 1.76 bits per heavy atom. The second-order valence-electron chi connectivity index (χ2n) is 7.37.